The molecule has 10 nitrogen and oxygen atoms in total. The van der Waals surface area contributed by atoms with Crippen LogP contribution in [0.3, 0.4) is 0 Å². The molecule has 0 amide bonds. The van der Waals surface area contributed by atoms with Crippen molar-refractivity contribution >= 4 is 17.4 Å². The van der Waals surface area contributed by atoms with Gasteiger partial charge in [0.1, 0.15) is 0 Å². The van der Waals surface area contributed by atoms with E-state index in [1.54, 1.807) is 54.4 Å². The highest BCUT2D eigenvalue weighted by Gasteiger charge is 2.26. The van der Waals surface area contributed by atoms with Crippen LogP contribution in [0.4, 0.5) is 5.69 Å². The summed E-state index contributed by atoms with van der Waals surface area (Å²) in [6.07, 6.45) is 7.95. The van der Waals surface area contributed by atoms with Crippen LogP contribution in [-0.2, 0) is 13.1 Å². The molecule has 1 fully saturated rings. The predicted molar refractivity (Wildman–Crippen MR) is 211 cm³/mol. The maximum absolute atomic E-state index is 5.63. The van der Waals surface area contributed by atoms with Gasteiger partial charge in [-0.1, -0.05) is 0 Å². The summed E-state index contributed by atoms with van der Waals surface area (Å²) in [6, 6.07) is 25.6. The van der Waals surface area contributed by atoms with Crippen LogP contribution in [0, 0.1) is 0 Å². The van der Waals surface area contributed by atoms with Crippen molar-refractivity contribution in [3.63, 3.8) is 0 Å². The molecule has 0 spiro atoms. The van der Waals surface area contributed by atoms with Crippen LogP contribution in [0.25, 0.3) is 22.5 Å². The molecule has 3 heterocycles. The Kier molecular flexibility index (Phi) is 12.5. The van der Waals surface area contributed by atoms with Gasteiger partial charge in [-0.2, -0.15) is 0 Å². The first-order chi connectivity index (χ1) is 25.9. The number of anilines is 1. The molecule has 0 aliphatic carbocycles. The van der Waals surface area contributed by atoms with Crippen LogP contribution in [0.1, 0.15) is 24.0 Å². The number of piperidine rings is 1. The van der Waals surface area contributed by atoms with Gasteiger partial charge in [0.2, 0.25) is 11.5 Å². The lowest BCUT2D eigenvalue weighted by Gasteiger charge is -2.40. The Labute approximate surface area is 317 Å². The Morgan fingerprint density at radius 3 is 1.55 bits per heavy atom. The van der Waals surface area contributed by atoms with E-state index in [-0.39, 0.29) is 0 Å². The molecule has 3 aromatic carbocycles. The van der Waals surface area contributed by atoms with Gasteiger partial charge in [0.15, 0.2) is 23.0 Å². The van der Waals surface area contributed by atoms with Gasteiger partial charge in [-0.05, 0) is 103 Å². The molecular formula is C42H48N4O6S. The fraction of sp³-hybridized carbons (Fsp3) is 0.333. The first-order valence-corrected chi connectivity index (χ1v) is 18.8. The summed E-state index contributed by atoms with van der Waals surface area (Å²) in [5, 5.41) is 0. The van der Waals surface area contributed by atoms with E-state index in [2.05, 4.69) is 69.6 Å². The van der Waals surface area contributed by atoms with Crippen LogP contribution in [0.15, 0.2) is 90.1 Å². The largest absolute Gasteiger partial charge is 0.493 e. The lowest BCUT2D eigenvalue weighted by molar-refractivity contribution is 0.201. The van der Waals surface area contributed by atoms with Crippen LogP contribution >= 0.6 is 11.8 Å². The second-order valence-electron chi connectivity index (χ2n) is 12.8. The first-order valence-electron chi connectivity index (χ1n) is 17.6. The fourth-order valence-corrected chi connectivity index (χ4v) is 7.38. The maximum atomic E-state index is 5.63. The summed E-state index contributed by atoms with van der Waals surface area (Å²) in [6.45, 7) is 3.57. The Balaban J connectivity index is 1.20. The highest BCUT2D eigenvalue weighted by atomic mass is 32.2. The van der Waals surface area contributed by atoms with Gasteiger partial charge in [0.25, 0.3) is 0 Å². The van der Waals surface area contributed by atoms with Gasteiger partial charge < -0.3 is 33.3 Å². The van der Waals surface area contributed by atoms with Crippen molar-refractivity contribution in [2.24, 2.45) is 0 Å². The summed E-state index contributed by atoms with van der Waals surface area (Å²) in [5.74, 6) is 3.53. The molecule has 2 aromatic heterocycles. The van der Waals surface area contributed by atoms with Gasteiger partial charge >= 0.3 is 0 Å². The number of pyridine rings is 2. The standard InChI is InChI=1S/C42H48N4O6S/c1-47-37-22-30(23-38(48-2)41(37)51-5)35-20-28(12-16-43-35)26-45-18-14-33(15-19-45)46(32-8-10-34(53-7)11-9-32)27-29-13-17-44-36(21-29)31-24-39(49-3)42(52-6)40(25-31)50-4/h8-13,16-17,20-25,33H,14-15,18-19,26-27H2,1-7H3. The van der Waals surface area contributed by atoms with E-state index in [9.17, 15) is 0 Å². The van der Waals surface area contributed by atoms with Gasteiger partial charge in [0, 0.05) is 66.3 Å². The highest BCUT2D eigenvalue weighted by molar-refractivity contribution is 7.98. The molecule has 0 unspecified atom stereocenters. The number of nitrogens with zero attached hydrogens (tertiary/aromatic N) is 4. The van der Waals surface area contributed by atoms with E-state index in [1.807, 2.05) is 36.7 Å². The highest BCUT2D eigenvalue weighted by Crippen LogP contribution is 2.42. The van der Waals surface area contributed by atoms with Crippen molar-refractivity contribution in [3.05, 3.63) is 96.3 Å². The number of methoxy groups -OCH3 is 6. The minimum atomic E-state index is 0.372. The topological polar surface area (TPSA) is 87.6 Å². The van der Waals surface area contributed by atoms with E-state index < -0.39 is 0 Å². The zero-order chi connectivity index (χ0) is 37.3. The molecule has 0 saturated carbocycles. The lowest BCUT2D eigenvalue weighted by atomic mass is 10.00. The van der Waals surface area contributed by atoms with Crippen molar-refractivity contribution in [3.8, 4) is 57.0 Å². The van der Waals surface area contributed by atoms with Crippen LogP contribution in [-0.4, -0.2) is 82.9 Å². The van der Waals surface area contributed by atoms with Crippen molar-refractivity contribution < 1.29 is 28.4 Å². The number of rotatable bonds is 15. The van der Waals surface area contributed by atoms with Crippen molar-refractivity contribution in [2.45, 2.75) is 36.9 Å². The van der Waals surface area contributed by atoms with E-state index in [4.69, 9.17) is 33.4 Å². The molecule has 1 aliphatic rings. The van der Waals surface area contributed by atoms with Gasteiger partial charge in [0.05, 0.1) is 54.0 Å². The summed E-state index contributed by atoms with van der Waals surface area (Å²) in [4.78, 5) is 15.8. The minimum Gasteiger partial charge on any atom is -0.493 e. The zero-order valence-corrected chi connectivity index (χ0v) is 32.4. The van der Waals surface area contributed by atoms with Crippen molar-refractivity contribution in [1.82, 2.24) is 14.9 Å². The molecular weight excluding hydrogens is 689 g/mol. The second-order valence-corrected chi connectivity index (χ2v) is 13.6. The third-order valence-electron chi connectivity index (χ3n) is 9.73. The van der Waals surface area contributed by atoms with E-state index in [0.717, 1.165) is 61.5 Å². The Hall–Kier alpha value is -5.13. The molecule has 0 N–H and O–H groups in total. The fourth-order valence-electron chi connectivity index (χ4n) is 6.97. The van der Waals surface area contributed by atoms with Gasteiger partial charge in [-0.25, -0.2) is 0 Å². The Morgan fingerprint density at radius 2 is 1.09 bits per heavy atom. The van der Waals surface area contributed by atoms with E-state index >= 15 is 0 Å². The quantitative estimate of drug-likeness (QED) is 0.0974. The molecule has 278 valence electrons. The summed E-state index contributed by atoms with van der Waals surface area (Å²) >= 11 is 1.76. The van der Waals surface area contributed by atoms with Crippen LogP contribution < -0.4 is 33.3 Å². The average molecular weight is 737 g/mol. The Bertz CT molecular complexity index is 1930. The first kappa shape index (κ1) is 37.6. The second kappa shape index (κ2) is 17.6. The zero-order valence-electron chi connectivity index (χ0n) is 31.5. The number of thioether (sulfide) groups is 1. The molecule has 0 bridgehead atoms. The monoisotopic (exact) mass is 736 g/mol. The SMILES string of the molecule is COc1cc(-c2cc(CN3CCC(N(Cc4ccnc(-c5cc(OC)c(OC)c(OC)c5)c4)c4ccc(SC)cc4)CC3)ccn2)cc(OC)c1OC. The predicted octanol–water partition coefficient (Wildman–Crippen LogP) is 8.26. The number of benzene rings is 3. The maximum Gasteiger partial charge on any atom is 0.203 e. The molecule has 53 heavy (non-hydrogen) atoms. The van der Waals surface area contributed by atoms with Gasteiger partial charge in [-0.3, -0.25) is 14.9 Å². The van der Waals surface area contributed by atoms with Gasteiger partial charge in [-0.15, -0.1) is 11.8 Å². The third kappa shape index (κ3) is 8.58. The normalized spacial score (nSPS) is 13.3. The molecule has 0 atom stereocenters. The average Bonchev–Trinajstić information content (AvgIpc) is 3.22. The summed E-state index contributed by atoms with van der Waals surface area (Å²) in [5.41, 5.74) is 7.12. The summed E-state index contributed by atoms with van der Waals surface area (Å²) < 4.78 is 33.5. The van der Waals surface area contributed by atoms with Crippen molar-refractivity contribution in [1.29, 1.82) is 0 Å². The smallest absolute Gasteiger partial charge is 0.203 e. The van der Waals surface area contributed by atoms with Crippen LogP contribution in [0.2, 0.25) is 0 Å². The molecule has 11 heteroatoms. The minimum absolute atomic E-state index is 0.372. The summed E-state index contributed by atoms with van der Waals surface area (Å²) in [7, 11) is 9.72. The van der Waals surface area contributed by atoms with E-state index in [1.165, 1.54) is 21.7 Å². The molecule has 6 rings (SSSR count). The molecule has 1 aliphatic heterocycles. The third-order valence-corrected chi connectivity index (χ3v) is 10.5. The molecule has 1 saturated heterocycles. The number of likely N-dealkylation sites (tertiary alicyclic amines) is 1. The number of hydrogen-bond donors (Lipinski definition) is 0. The Morgan fingerprint density at radius 1 is 0.623 bits per heavy atom. The number of hydrogen-bond acceptors (Lipinski definition) is 11. The number of ether oxygens (including phenoxy) is 6. The number of aromatic nitrogens is 2. The lowest BCUT2D eigenvalue weighted by Crippen LogP contribution is -2.44. The van der Waals surface area contributed by atoms with E-state index in [0.29, 0.717) is 40.5 Å². The van der Waals surface area contributed by atoms with Crippen molar-refractivity contribution in [2.75, 3.05) is 66.9 Å². The molecule has 0 radical (unpaired) electrons. The van der Waals surface area contributed by atoms with Crippen LogP contribution in [0.5, 0.6) is 34.5 Å². The molecule has 5 aromatic rings.